The maximum atomic E-state index is 11.2. The van der Waals surface area contributed by atoms with E-state index in [4.69, 9.17) is 0 Å². The molecule has 0 spiro atoms. The van der Waals surface area contributed by atoms with E-state index in [2.05, 4.69) is 24.0 Å². The second-order valence-corrected chi connectivity index (χ2v) is 5.17. The summed E-state index contributed by atoms with van der Waals surface area (Å²) >= 11 is 0. The molecule has 0 aliphatic heterocycles. The van der Waals surface area contributed by atoms with E-state index < -0.39 is 5.97 Å². The van der Waals surface area contributed by atoms with Crippen LogP contribution in [0, 0.1) is 0 Å². The maximum absolute atomic E-state index is 11.2. The smallest absolute Gasteiger partial charge is 0.337 e. The van der Waals surface area contributed by atoms with Crippen LogP contribution in [0.1, 0.15) is 28.9 Å². The van der Waals surface area contributed by atoms with Crippen LogP contribution in [-0.4, -0.2) is 20.6 Å². The Labute approximate surface area is 122 Å². The SMILES string of the molecule is CC(Cc1ccccc1)n1cnc2c(C(=O)O)cccc21. The molecule has 0 saturated heterocycles. The fourth-order valence-corrected chi connectivity index (χ4v) is 2.63. The van der Waals surface area contributed by atoms with Crippen LogP contribution in [0.4, 0.5) is 0 Å². The van der Waals surface area contributed by atoms with Gasteiger partial charge in [0.1, 0.15) is 5.52 Å². The minimum absolute atomic E-state index is 0.210. The van der Waals surface area contributed by atoms with Crippen molar-refractivity contribution in [3.63, 3.8) is 0 Å². The van der Waals surface area contributed by atoms with E-state index in [1.807, 2.05) is 28.8 Å². The summed E-state index contributed by atoms with van der Waals surface area (Å²) in [5.41, 5.74) is 2.91. The Bertz CT molecular complexity index is 778. The number of carboxylic acids is 1. The highest BCUT2D eigenvalue weighted by molar-refractivity contribution is 6.00. The van der Waals surface area contributed by atoms with E-state index in [0.29, 0.717) is 5.52 Å². The molecule has 2 aromatic carbocycles. The zero-order valence-corrected chi connectivity index (χ0v) is 11.7. The predicted octanol–water partition coefficient (Wildman–Crippen LogP) is 3.54. The number of nitrogens with zero attached hydrogens (tertiary/aromatic N) is 2. The first-order valence-electron chi connectivity index (χ1n) is 6.89. The summed E-state index contributed by atoms with van der Waals surface area (Å²) in [5.74, 6) is -0.943. The third kappa shape index (κ3) is 2.52. The first-order valence-corrected chi connectivity index (χ1v) is 6.89. The van der Waals surface area contributed by atoms with E-state index in [1.165, 1.54) is 5.56 Å². The van der Waals surface area contributed by atoms with Crippen LogP contribution >= 0.6 is 0 Å². The van der Waals surface area contributed by atoms with Gasteiger partial charge in [-0.3, -0.25) is 0 Å². The number of aromatic nitrogens is 2. The van der Waals surface area contributed by atoms with Crippen molar-refractivity contribution >= 4 is 17.0 Å². The average Bonchev–Trinajstić information content (AvgIpc) is 2.92. The second kappa shape index (κ2) is 5.40. The zero-order valence-electron chi connectivity index (χ0n) is 11.7. The first-order chi connectivity index (χ1) is 10.2. The molecular weight excluding hydrogens is 264 g/mol. The van der Waals surface area contributed by atoms with Crippen molar-refractivity contribution in [3.05, 3.63) is 66.0 Å². The third-order valence-corrected chi connectivity index (χ3v) is 3.68. The summed E-state index contributed by atoms with van der Waals surface area (Å²) in [6, 6.07) is 15.7. The number of rotatable bonds is 4. The maximum Gasteiger partial charge on any atom is 0.337 e. The number of imidazole rings is 1. The van der Waals surface area contributed by atoms with Gasteiger partial charge >= 0.3 is 5.97 Å². The van der Waals surface area contributed by atoms with Crippen molar-refractivity contribution in [2.24, 2.45) is 0 Å². The van der Waals surface area contributed by atoms with Gasteiger partial charge in [0.15, 0.2) is 0 Å². The van der Waals surface area contributed by atoms with E-state index in [-0.39, 0.29) is 11.6 Å². The molecule has 4 heteroatoms. The molecule has 0 aliphatic rings. The van der Waals surface area contributed by atoms with Crippen molar-refractivity contribution in [2.75, 3.05) is 0 Å². The Morgan fingerprint density at radius 3 is 2.67 bits per heavy atom. The monoisotopic (exact) mass is 280 g/mol. The van der Waals surface area contributed by atoms with Gasteiger partial charge in [-0.2, -0.15) is 0 Å². The quantitative estimate of drug-likeness (QED) is 0.795. The van der Waals surface area contributed by atoms with Crippen LogP contribution in [-0.2, 0) is 6.42 Å². The summed E-state index contributed by atoms with van der Waals surface area (Å²) in [7, 11) is 0. The molecule has 1 unspecified atom stereocenters. The van der Waals surface area contributed by atoms with Crippen molar-refractivity contribution in [2.45, 2.75) is 19.4 Å². The molecule has 0 bridgehead atoms. The molecule has 106 valence electrons. The molecule has 0 fully saturated rings. The van der Waals surface area contributed by atoms with Crippen LogP contribution < -0.4 is 0 Å². The van der Waals surface area contributed by atoms with E-state index in [9.17, 15) is 9.90 Å². The fraction of sp³-hybridized carbons (Fsp3) is 0.176. The molecule has 1 N–H and O–H groups in total. The number of para-hydroxylation sites is 1. The Balaban J connectivity index is 1.97. The number of fused-ring (bicyclic) bond motifs is 1. The summed E-state index contributed by atoms with van der Waals surface area (Å²) in [6.07, 6.45) is 2.61. The lowest BCUT2D eigenvalue weighted by molar-refractivity contribution is 0.0699. The molecule has 0 aliphatic carbocycles. The number of hydrogen-bond acceptors (Lipinski definition) is 2. The Kier molecular flexibility index (Phi) is 3.44. The molecule has 1 heterocycles. The van der Waals surface area contributed by atoms with Gasteiger partial charge in [-0.1, -0.05) is 36.4 Å². The van der Waals surface area contributed by atoms with Gasteiger partial charge in [0, 0.05) is 6.04 Å². The highest BCUT2D eigenvalue weighted by Gasteiger charge is 2.15. The minimum atomic E-state index is -0.943. The molecule has 1 atom stereocenters. The molecule has 4 nitrogen and oxygen atoms in total. The molecule has 1 aromatic heterocycles. The number of hydrogen-bond donors (Lipinski definition) is 1. The lowest BCUT2D eigenvalue weighted by atomic mass is 10.1. The van der Waals surface area contributed by atoms with Crippen LogP contribution in [0.5, 0.6) is 0 Å². The standard InChI is InChI=1S/C17H16N2O2/c1-12(10-13-6-3-2-4-7-13)19-11-18-16-14(17(20)21)8-5-9-15(16)19/h2-9,11-12H,10H2,1H3,(H,20,21). The van der Waals surface area contributed by atoms with Crippen LogP contribution in [0.2, 0.25) is 0 Å². The minimum Gasteiger partial charge on any atom is -0.478 e. The Hall–Kier alpha value is -2.62. The largest absolute Gasteiger partial charge is 0.478 e. The van der Waals surface area contributed by atoms with E-state index in [1.54, 1.807) is 18.5 Å². The van der Waals surface area contributed by atoms with Crippen molar-refractivity contribution in [1.82, 2.24) is 9.55 Å². The third-order valence-electron chi connectivity index (χ3n) is 3.68. The predicted molar refractivity (Wildman–Crippen MR) is 81.5 cm³/mol. The van der Waals surface area contributed by atoms with Crippen molar-refractivity contribution < 1.29 is 9.90 Å². The summed E-state index contributed by atoms with van der Waals surface area (Å²) in [5, 5.41) is 9.22. The van der Waals surface area contributed by atoms with Crippen molar-refractivity contribution in [1.29, 1.82) is 0 Å². The molecule has 0 amide bonds. The molecule has 3 aromatic rings. The molecule has 0 saturated carbocycles. The highest BCUT2D eigenvalue weighted by Crippen LogP contribution is 2.23. The van der Waals surface area contributed by atoms with Crippen LogP contribution in [0.25, 0.3) is 11.0 Å². The molecule has 0 radical (unpaired) electrons. The summed E-state index contributed by atoms with van der Waals surface area (Å²) in [6.45, 7) is 2.11. The van der Waals surface area contributed by atoms with Gasteiger partial charge in [0.05, 0.1) is 17.4 Å². The van der Waals surface area contributed by atoms with E-state index >= 15 is 0 Å². The highest BCUT2D eigenvalue weighted by atomic mass is 16.4. The van der Waals surface area contributed by atoms with Crippen molar-refractivity contribution in [3.8, 4) is 0 Å². The molecule has 21 heavy (non-hydrogen) atoms. The van der Waals surface area contributed by atoms with Gasteiger partial charge in [-0.25, -0.2) is 9.78 Å². The Morgan fingerprint density at radius 1 is 1.19 bits per heavy atom. The summed E-state index contributed by atoms with van der Waals surface area (Å²) < 4.78 is 2.04. The Morgan fingerprint density at radius 2 is 1.95 bits per heavy atom. The average molecular weight is 280 g/mol. The topological polar surface area (TPSA) is 55.1 Å². The second-order valence-electron chi connectivity index (χ2n) is 5.17. The van der Waals surface area contributed by atoms with Gasteiger partial charge in [-0.05, 0) is 31.0 Å². The van der Waals surface area contributed by atoms with E-state index in [0.717, 1.165) is 11.9 Å². The number of benzene rings is 2. The van der Waals surface area contributed by atoms with Gasteiger partial charge < -0.3 is 9.67 Å². The lowest BCUT2D eigenvalue weighted by Crippen LogP contribution is -2.07. The zero-order chi connectivity index (χ0) is 14.8. The van der Waals surface area contributed by atoms with Crippen LogP contribution in [0.3, 0.4) is 0 Å². The van der Waals surface area contributed by atoms with Gasteiger partial charge in [-0.15, -0.1) is 0 Å². The normalized spacial score (nSPS) is 12.4. The lowest BCUT2D eigenvalue weighted by Gasteiger charge is -2.14. The number of aromatic carboxylic acids is 1. The molecular formula is C17H16N2O2. The summed E-state index contributed by atoms with van der Waals surface area (Å²) in [4.78, 5) is 15.5. The molecule has 3 rings (SSSR count). The first kappa shape index (κ1) is 13.4. The fourth-order valence-electron chi connectivity index (χ4n) is 2.63. The van der Waals surface area contributed by atoms with Gasteiger partial charge in [0.2, 0.25) is 0 Å². The number of carboxylic acid groups (broad SMARTS) is 1. The number of carbonyl (C=O) groups is 1. The van der Waals surface area contributed by atoms with Crippen LogP contribution in [0.15, 0.2) is 54.9 Å². The van der Waals surface area contributed by atoms with Gasteiger partial charge in [0.25, 0.3) is 0 Å².